The molecule has 0 saturated carbocycles. The zero-order chi connectivity index (χ0) is 38.0. The van der Waals surface area contributed by atoms with Crippen LogP contribution in [0.15, 0.2) is 176 Å². The van der Waals surface area contributed by atoms with Gasteiger partial charge in [0.05, 0.1) is 21.2 Å². The Balaban J connectivity index is 0.000000184. The molecule has 0 spiro atoms. The summed E-state index contributed by atoms with van der Waals surface area (Å²) in [5.41, 5.74) is 1.64. The van der Waals surface area contributed by atoms with Crippen LogP contribution in [0.5, 0.6) is 11.5 Å². The van der Waals surface area contributed by atoms with Gasteiger partial charge in [-0.3, -0.25) is 0 Å². The normalized spacial score (nSPS) is 12.0. The van der Waals surface area contributed by atoms with Gasteiger partial charge in [-0.2, -0.15) is 0 Å². The summed E-state index contributed by atoms with van der Waals surface area (Å²) in [5.74, 6) is -0.469. The average Bonchev–Trinajstić information content (AvgIpc) is 3.16. The van der Waals surface area contributed by atoms with Gasteiger partial charge < -0.3 is 19.3 Å². The Hall–Kier alpha value is -5.32. The van der Waals surface area contributed by atoms with Crippen LogP contribution in [-0.2, 0) is 20.2 Å². The maximum atomic E-state index is 11.4. The van der Waals surface area contributed by atoms with Gasteiger partial charge in [0.1, 0.15) is 31.6 Å². The first-order chi connectivity index (χ1) is 25.9. The Bertz CT molecular complexity index is 2830. The summed E-state index contributed by atoms with van der Waals surface area (Å²) < 4.78 is 68.4. The number of nitrogens with zero attached hydrogens (tertiary/aromatic N) is 4. The monoisotopic (exact) mass is 794 g/mol. The molecular formula is C40H26CaN4O8S2. The van der Waals surface area contributed by atoms with Crippen LogP contribution in [0, 0.1) is 0 Å². The number of aromatic hydroxyl groups is 2. The Morgan fingerprint density at radius 3 is 1.09 bits per heavy atom. The van der Waals surface area contributed by atoms with E-state index in [1.807, 2.05) is 84.9 Å². The average molecular weight is 795 g/mol. The van der Waals surface area contributed by atoms with E-state index in [1.165, 1.54) is 60.7 Å². The van der Waals surface area contributed by atoms with E-state index in [4.69, 9.17) is 0 Å². The Labute approximate surface area is 344 Å². The molecule has 15 heteroatoms. The molecule has 0 amide bonds. The Morgan fingerprint density at radius 2 is 0.691 bits per heavy atom. The quantitative estimate of drug-likeness (QED) is 0.0939. The fourth-order valence-electron chi connectivity index (χ4n) is 6.01. The predicted octanol–water partition coefficient (Wildman–Crippen LogP) is 9.66. The second-order valence-corrected chi connectivity index (χ2v) is 14.6. The number of phenols is 2. The van der Waals surface area contributed by atoms with E-state index in [-0.39, 0.29) is 91.9 Å². The van der Waals surface area contributed by atoms with Crippen LogP contribution in [-0.4, -0.2) is 73.9 Å². The summed E-state index contributed by atoms with van der Waals surface area (Å²) in [6, 6.07) is 40.7. The maximum absolute atomic E-state index is 11.4. The predicted molar refractivity (Wildman–Crippen MR) is 209 cm³/mol. The maximum Gasteiger partial charge on any atom is 2.00 e. The first kappa shape index (κ1) is 39.4. The van der Waals surface area contributed by atoms with Gasteiger partial charge in [-0.1, -0.05) is 109 Å². The van der Waals surface area contributed by atoms with Crippen molar-refractivity contribution in [3.8, 4) is 11.5 Å². The number of phenolic OH excluding ortho intramolecular Hbond substituents is 2. The Kier molecular flexibility index (Phi) is 11.6. The molecule has 8 aromatic rings. The number of fused-ring (bicyclic) bond motifs is 4. The van der Waals surface area contributed by atoms with Gasteiger partial charge in [0.2, 0.25) is 0 Å². The largest absolute Gasteiger partial charge is 2.00 e. The smallest absolute Gasteiger partial charge is 0.744 e. The number of hydrogen-bond acceptors (Lipinski definition) is 12. The molecule has 0 aliphatic heterocycles. The van der Waals surface area contributed by atoms with Crippen molar-refractivity contribution < 1.29 is 36.2 Å². The molecule has 0 fully saturated rings. The van der Waals surface area contributed by atoms with E-state index in [9.17, 15) is 36.2 Å². The molecular weight excluding hydrogens is 769 g/mol. The minimum Gasteiger partial charge on any atom is -0.744 e. The van der Waals surface area contributed by atoms with E-state index >= 15 is 0 Å². The Morgan fingerprint density at radius 1 is 0.364 bits per heavy atom. The number of azo groups is 2. The zero-order valence-corrected chi connectivity index (χ0v) is 32.4. The van der Waals surface area contributed by atoms with Crippen molar-refractivity contribution in [2.24, 2.45) is 20.5 Å². The van der Waals surface area contributed by atoms with Crippen molar-refractivity contribution in [2.45, 2.75) is 9.79 Å². The van der Waals surface area contributed by atoms with E-state index in [0.717, 1.165) is 21.5 Å². The summed E-state index contributed by atoms with van der Waals surface area (Å²) in [5, 5.41) is 42.3. The van der Waals surface area contributed by atoms with Crippen molar-refractivity contribution in [1.82, 2.24) is 0 Å². The molecule has 0 aliphatic carbocycles. The minimum absolute atomic E-state index is 0. The third-order valence-electron chi connectivity index (χ3n) is 8.55. The molecule has 8 aromatic carbocycles. The van der Waals surface area contributed by atoms with Crippen LogP contribution in [0.25, 0.3) is 43.1 Å². The first-order valence-corrected chi connectivity index (χ1v) is 18.9. The standard InChI is InChI=1S/2C20H14N2O4S.Ca/c2*23-20-16-8-4-10-19(27(24,25)26)15(16)11-12-18(20)22-21-17-9-3-6-13-5-1-2-7-14(13)17;/h2*1-12,23H,(H,24,25,26);/q;;+2/p-2. The van der Waals surface area contributed by atoms with Crippen molar-refractivity contribution in [1.29, 1.82) is 0 Å². The van der Waals surface area contributed by atoms with E-state index in [1.54, 1.807) is 0 Å². The molecule has 0 aromatic heterocycles. The van der Waals surface area contributed by atoms with Crippen molar-refractivity contribution in [3.63, 3.8) is 0 Å². The van der Waals surface area contributed by atoms with Gasteiger partial charge in [-0.15, -0.1) is 20.5 Å². The van der Waals surface area contributed by atoms with Crippen LogP contribution in [0.3, 0.4) is 0 Å². The van der Waals surface area contributed by atoms with E-state index in [2.05, 4.69) is 20.5 Å². The van der Waals surface area contributed by atoms with Crippen molar-refractivity contribution in [2.75, 3.05) is 0 Å². The van der Waals surface area contributed by atoms with E-state index < -0.39 is 20.2 Å². The molecule has 0 atom stereocenters. The topological polar surface area (TPSA) is 204 Å². The molecule has 2 N–H and O–H groups in total. The molecule has 8 rings (SSSR count). The van der Waals surface area contributed by atoms with Gasteiger partial charge in [0.15, 0.2) is 11.5 Å². The van der Waals surface area contributed by atoms with Gasteiger partial charge >= 0.3 is 37.7 Å². The van der Waals surface area contributed by atoms with E-state index in [0.29, 0.717) is 11.4 Å². The second-order valence-electron chi connectivity index (χ2n) is 11.9. The summed E-state index contributed by atoms with van der Waals surface area (Å²) >= 11 is 0. The van der Waals surface area contributed by atoms with Crippen LogP contribution in [0.1, 0.15) is 0 Å². The minimum atomic E-state index is -4.65. The molecule has 268 valence electrons. The van der Waals surface area contributed by atoms with Crippen molar-refractivity contribution >= 4 is 124 Å². The van der Waals surface area contributed by atoms with Gasteiger partial charge in [0.25, 0.3) is 0 Å². The van der Waals surface area contributed by atoms with Crippen LogP contribution >= 0.6 is 0 Å². The summed E-state index contributed by atoms with van der Waals surface area (Å²) in [6.07, 6.45) is 0. The van der Waals surface area contributed by atoms with Gasteiger partial charge in [-0.25, -0.2) is 16.8 Å². The van der Waals surface area contributed by atoms with Crippen LogP contribution < -0.4 is 0 Å². The number of hydrogen-bond donors (Lipinski definition) is 2. The first-order valence-electron chi connectivity index (χ1n) is 16.1. The molecule has 0 saturated heterocycles. The molecule has 12 nitrogen and oxygen atoms in total. The van der Waals surface area contributed by atoms with Gasteiger partial charge in [0, 0.05) is 32.3 Å². The summed E-state index contributed by atoms with van der Waals surface area (Å²) in [4.78, 5) is -0.763. The van der Waals surface area contributed by atoms with Gasteiger partial charge in [-0.05, 0) is 47.2 Å². The molecule has 55 heavy (non-hydrogen) atoms. The van der Waals surface area contributed by atoms with Crippen LogP contribution in [0.4, 0.5) is 22.7 Å². The van der Waals surface area contributed by atoms with Crippen LogP contribution in [0.2, 0.25) is 0 Å². The van der Waals surface area contributed by atoms with Crippen molar-refractivity contribution in [3.05, 3.63) is 146 Å². The number of benzene rings is 8. The fourth-order valence-corrected chi connectivity index (χ4v) is 7.39. The summed E-state index contributed by atoms with van der Waals surface area (Å²) in [6.45, 7) is 0. The molecule has 0 unspecified atom stereocenters. The molecule has 0 bridgehead atoms. The molecule has 0 radical (unpaired) electrons. The fraction of sp³-hybridized carbons (Fsp3) is 0. The SMILES string of the molecule is O=S(=O)([O-])c1cccc2c(O)c(N=Nc3cccc4ccccc34)ccc12.O=S(=O)([O-])c1cccc2c(O)c(N=Nc3cccc4ccccc34)ccc12.[Ca+2]. The number of rotatable bonds is 6. The molecule has 0 heterocycles. The third-order valence-corrected chi connectivity index (χ3v) is 10.3. The zero-order valence-electron chi connectivity index (χ0n) is 28.5. The second kappa shape index (κ2) is 16.2. The third kappa shape index (κ3) is 8.35. The molecule has 0 aliphatic rings. The summed E-state index contributed by atoms with van der Waals surface area (Å²) in [7, 11) is -9.31.